The van der Waals surface area contributed by atoms with Crippen LogP contribution in [0.3, 0.4) is 0 Å². The van der Waals surface area contributed by atoms with E-state index in [2.05, 4.69) is 0 Å². The molecule has 0 aromatic heterocycles. The summed E-state index contributed by atoms with van der Waals surface area (Å²) in [4.78, 5) is 13.9. The first-order valence-corrected chi connectivity index (χ1v) is 8.92. The highest BCUT2D eigenvalue weighted by Gasteiger charge is 2.25. The van der Waals surface area contributed by atoms with Gasteiger partial charge in [-0.15, -0.1) is 0 Å². The summed E-state index contributed by atoms with van der Waals surface area (Å²) in [6, 6.07) is 2.53. The zero-order chi connectivity index (χ0) is 15.6. The van der Waals surface area contributed by atoms with E-state index < -0.39 is 10.0 Å². The molecule has 5 nitrogen and oxygen atoms in total. The van der Waals surface area contributed by atoms with E-state index in [0.29, 0.717) is 13.1 Å². The third-order valence-corrected chi connectivity index (χ3v) is 5.11. The quantitative estimate of drug-likeness (QED) is 0.889. The topological polar surface area (TPSA) is 80.5 Å². The number of primary sulfonamides is 1. The van der Waals surface area contributed by atoms with Gasteiger partial charge in [0, 0.05) is 18.1 Å². The monoisotopic (exact) mass is 350 g/mol. The van der Waals surface area contributed by atoms with E-state index in [1.54, 1.807) is 4.90 Å². The number of benzene rings is 1. The maximum Gasteiger partial charge on any atom is 0.255 e. The number of halogens is 2. The van der Waals surface area contributed by atoms with Crippen molar-refractivity contribution >= 4 is 39.1 Å². The SMILES string of the molecule is NS(=O)(=O)c1cc(Cl)cc(C(=O)N2CCCCCC2)c1Cl. The van der Waals surface area contributed by atoms with Gasteiger partial charge < -0.3 is 4.90 Å². The molecule has 0 saturated carbocycles. The van der Waals surface area contributed by atoms with E-state index >= 15 is 0 Å². The van der Waals surface area contributed by atoms with Gasteiger partial charge in [-0.3, -0.25) is 4.79 Å². The summed E-state index contributed by atoms with van der Waals surface area (Å²) >= 11 is 11.9. The molecule has 116 valence electrons. The highest BCUT2D eigenvalue weighted by molar-refractivity contribution is 7.89. The number of rotatable bonds is 2. The van der Waals surface area contributed by atoms with Crippen LogP contribution in [0.1, 0.15) is 36.0 Å². The zero-order valence-corrected chi connectivity index (χ0v) is 13.6. The molecule has 0 aliphatic carbocycles. The molecule has 0 spiro atoms. The maximum absolute atomic E-state index is 12.6. The Hall–Kier alpha value is -0.820. The van der Waals surface area contributed by atoms with Gasteiger partial charge in [0.15, 0.2) is 0 Å². The minimum absolute atomic E-state index is 0.0788. The van der Waals surface area contributed by atoms with Crippen LogP contribution in [0.4, 0.5) is 0 Å². The second kappa shape index (κ2) is 6.52. The lowest BCUT2D eigenvalue weighted by molar-refractivity contribution is 0.0761. The molecular weight excluding hydrogens is 335 g/mol. The van der Waals surface area contributed by atoms with Gasteiger partial charge in [0.1, 0.15) is 4.90 Å². The van der Waals surface area contributed by atoms with E-state index in [9.17, 15) is 13.2 Å². The third kappa shape index (κ3) is 3.88. The Kier molecular flexibility index (Phi) is 5.14. The molecule has 1 aliphatic heterocycles. The Morgan fingerprint density at radius 2 is 1.67 bits per heavy atom. The van der Waals surface area contributed by atoms with Crippen LogP contribution in [-0.2, 0) is 10.0 Å². The van der Waals surface area contributed by atoms with Crippen LogP contribution in [0.25, 0.3) is 0 Å². The molecule has 2 N–H and O–H groups in total. The molecule has 1 aromatic rings. The number of nitrogens with two attached hydrogens (primary N) is 1. The molecule has 1 amide bonds. The Morgan fingerprint density at radius 3 is 2.19 bits per heavy atom. The van der Waals surface area contributed by atoms with Crippen molar-refractivity contribution in [2.24, 2.45) is 5.14 Å². The molecule has 1 aliphatic rings. The molecule has 1 saturated heterocycles. The molecule has 1 heterocycles. The van der Waals surface area contributed by atoms with Crippen molar-refractivity contribution in [2.45, 2.75) is 30.6 Å². The molecule has 0 atom stereocenters. The van der Waals surface area contributed by atoms with Crippen LogP contribution in [-0.4, -0.2) is 32.3 Å². The van der Waals surface area contributed by atoms with Crippen molar-refractivity contribution in [2.75, 3.05) is 13.1 Å². The van der Waals surface area contributed by atoms with Crippen LogP contribution < -0.4 is 5.14 Å². The zero-order valence-electron chi connectivity index (χ0n) is 11.3. The van der Waals surface area contributed by atoms with Crippen molar-refractivity contribution < 1.29 is 13.2 Å². The van der Waals surface area contributed by atoms with Gasteiger partial charge in [-0.1, -0.05) is 36.0 Å². The smallest absolute Gasteiger partial charge is 0.255 e. The number of carbonyl (C=O) groups is 1. The Balaban J connectivity index is 2.43. The average Bonchev–Trinajstić information content (AvgIpc) is 2.68. The van der Waals surface area contributed by atoms with Crippen molar-refractivity contribution in [3.8, 4) is 0 Å². The molecule has 1 fully saturated rings. The first-order valence-electron chi connectivity index (χ1n) is 6.62. The highest BCUT2D eigenvalue weighted by atomic mass is 35.5. The van der Waals surface area contributed by atoms with E-state index in [4.69, 9.17) is 28.3 Å². The number of hydrogen-bond acceptors (Lipinski definition) is 3. The molecule has 0 unspecified atom stereocenters. The summed E-state index contributed by atoms with van der Waals surface area (Å²) < 4.78 is 23.0. The van der Waals surface area contributed by atoms with E-state index in [-0.39, 0.29) is 26.4 Å². The fraction of sp³-hybridized carbons (Fsp3) is 0.462. The van der Waals surface area contributed by atoms with Crippen molar-refractivity contribution in [3.05, 3.63) is 27.7 Å². The van der Waals surface area contributed by atoms with Crippen molar-refractivity contribution in [1.29, 1.82) is 0 Å². The summed E-state index contributed by atoms with van der Waals surface area (Å²) in [5.74, 6) is -0.311. The lowest BCUT2D eigenvalue weighted by Gasteiger charge is -2.21. The van der Waals surface area contributed by atoms with E-state index in [1.165, 1.54) is 6.07 Å². The summed E-state index contributed by atoms with van der Waals surface area (Å²) in [6.07, 6.45) is 4.00. The number of likely N-dealkylation sites (tertiary alicyclic amines) is 1. The minimum atomic E-state index is -4.04. The van der Waals surface area contributed by atoms with Crippen LogP contribution in [0.15, 0.2) is 17.0 Å². The van der Waals surface area contributed by atoms with Gasteiger partial charge in [-0.25, -0.2) is 13.6 Å². The van der Waals surface area contributed by atoms with Crippen LogP contribution in [0.2, 0.25) is 10.0 Å². The Labute approximate surface area is 134 Å². The van der Waals surface area contributed by atoms with E-state index in [1.807, 2.05) is 0 Å². The molecule has 1 aromatic carbocycles. The molecule has 0 bridgehead atoms. The fourth-order valence-electron chi connectivity index (χ4n) is 2.37. The fourth-order valence-corrected chi connectivity index (χ4v) is 3.82. The van der Waals surface area contributed by atoms with Crippen LogP contribution in [0, 0.1) is 0 Å². The predicted octanol–water partition coefficient (Wildman–Crippen LogP) is 2.66. The van der Waals surface area contributed by atoms with E-state index in [0.717, 1.165) is 31.7 Å². The summed E-state index contributed by atoms with van der Waals surface area (Å²) in [5.41, 5.74) is 0.0788. The maximum atomic E-state index is 12.6. The lowest BCUT2D eigenvalue weighted by Crippen LogP contribution is -2.32. The summed E-state index contributed by atoms with van der Waals surface area (Å²) in [5, 5.41) is 5.05. The molecule has 0 radical (unpaired) electrons. The second-order valence-corrected chi connectivity index (χ2v) is 7.36. The third-order valence-electron chi connectivity index (χ3n) is 3.43. The Bertz CT molecular complexity index is 654. The van der Waals surface area contributed by atoms with Gasteiger partial charge in [0.2, 0.25) is 10.0 Å². The van der Waals surface area contributed by atoms with Gasteiger partial charge in [0.25, 0.3) is 5.91 Å². The number of hydrogen-bond donors (Lipinski definition) is 1. The lowest BCUT2D eigenvalue weighted by atomic mass is 10.2. The van der Waals surface area contributed by atoms with Gasteiger partial charge >= 0.3 is 0 Å². The standard InChI is InChI=1S/C13H16Cl2N2O3S/c14-9-7-10(12(15)11(8-9)21(16,19)20)13(18)17-5-3-1-2-4-6-17/h7-8H,1-6H2,(H2,16,19,20). The predicted molar refractivity (Wildman–Crippen MR) is 82.2 cm³/mol. The number of nitrogens with zero attached hydrogens (tertiary/aromatic N) is 1. The van der Waals surface area contributed by atoms with Crippen LogP contribution in [0.5, 0.6) is 0 Å². The van der Waals surface area contributed by atoms with Gasteiger partial charge in [-0.2, -0.15) is 0 Å². The number of amides is 1. The van der Waals surface area contributed by atoms with Crippen molar-refractivity contribution in [3.63, 3.8) is 0 Å². The largest absolute Gasteiger partial charge is 0.339 e. The van der Waals surface area contributed by atoms with Crippen molar-refractivity contribution in [1.82, 2.24) is 4.90 Å². The second-order valence-electron chi connectivity index (χ2n) is 5.02. The molecule has 21 heavy (non-hydrogen) atoms. The highest BCUT2D eigenvalue weighted by Crippen LogP contribution is 2.30. The van der Waals surface area contributed by atoms with Crippen LogP contribution >= 0.6 is 23.2 Å². The molecule has 2 rings (SSSR count). The summed E-state index contributed by atoms with van der Waals surface area (Å²) in [7, 11) is -4.04. The number of sulfonamides is 1. The first-order chi connectivity index (χ1) is 9.80. The average molecular weight is 351 g/mol. The normalized spacial score (nSPS) is 16.6. The molecule has 8 heteroatoms. The minimum Gasteiger partial charge on any atom is -0.339 e. The first kappa shape index (κ1) is 16.5. The molecular formula is C13H16Cl2N2O3S. The van der Waals surface area contributed by atoms with Gasteiger partial charge in [-0.05, 0) is 25.0 Å². The van der Waals surface area contributed by atoms with Gasteiger partial charge in [0.05, 0.1) is 10.6 Å². The summed E-state index contributed by atoms with van der Waals surface area (Å²) in [6.45, 7) is 1.26. The Morgan fingerprint density at radius 1 is 1.10 bits per heavy atom. The number of carbonyl (C=O) groups excluding carboxylic acids is 1.